The van der Waals surface area contributed by atoms with Gasteiger partial charge in [-0.05, 0) is 37.9 Å². The molecule has 1 aliphatic carbocycles. The maximum absolute atomic E-state index is 5.85. The van der Waals surface area contributed by atoms with E-state index >= 15 is 0 Å². The van der Waals surface area contributed by atoms with E-state index in [1.165, 1.54) is 12.8 Å². The number of hydrogen-bond donors (Lipinski definition) is 1. The summed E-state index contributed by atoms with van der Waals surface area (Å²) in [7, 11) is 2.14. The zero-order valence-corrected chi connectivity index (χ0v) is 10.3. The first-order chi connectivity index (χ1) is 7.74. The van der Waals surface area contributed by atoms with E-state index < -0.39 is 0 Å². The Hall–Kier alpha value is -0.800. The second-order valence-electron chi connectivity index (χ2n) is 4.79. The Morgan fingerprint density at radius 2 is 2.25 bits per heavy atom. The molecular weight excluding hydrogens is 200 g/mol. The van der Waals surface area contributed by atoms with Gasteiger partial charge < -0.3 is 10.2 Å². The summed E-state index contributed by atoms with van der Waals surface area (Å²) in [4.78, 5) is 2.33. The average Bonchev–Trinajstić information content (AvgIpc) is 2.96. The number of hydrogen-bond acceptors (Lipinski definition) is 3. The zero-order chi connectivity index (χ0) is 11.5. The van der Waals surface area contributed by atoms with Crippen molar-refractivity contribution >= 4 is 0 Å². The highest BCUT2D eigenvalue weighted by Gasteiger charge is 2.27. The van der Waals surface area contributed by atoms with Crippen LogP contribution in [0.4, 0.5) is 0 Å². The predicted octanol–water partition coefficient (Wildman–Crippen LogP) is 2.18. The van der Waals surface area contributed by atoms with Gasteiger partial charge in [0.15, 0.2) is 0 Å². The summed E-state index contributed by atoms with van der Waals surface area (Å²) in [6, 6.07) is 4.36. The molecular formula is C13H22N2O. The molecule has 0 spiro atoms. The van der Waals surface area contributed by atoms with E-state index in [0.717, 1.165) is 30.4 Å². The molecule has 0 amide bonds. The molecule has 1 aliphatic rings. The number of nitrogens with zero attached hydrogens (tertiary/aromatic N) is 1. The van der Waals surface area contributed by atoms with Crippen LogP contribution in [0.2, 0.25) is 0 Å². The van der Waals surface area contributed by atoms with Gasteiger partial charge in [-0.1, -0.05) is 6.92 Å². The third-order valence-corrected chi connectivity index (χ3v) is 3.36. The Morgan fingerprint density at radius 1 is 1.50 bits per heavy atom. The molecule has 0 radical (unpaired) electrons. The molecule has 0 aromatic carbocycles. The Bertz CT molecular complexity index is 330. The van der Waals surface area contributed by atoms with Crippen LogP contribution in [-0.4, -0.2) is 25.0 Å². The van der Waals surface area contributed by atoms with Crippen LogP contribution >= 0.6 is 0 Å². The van der Waals surface area contributed by atoms with E-state index in [-0.39, 0.29) is 6.04 Å². The number of aryl methyl sites for hydroxylation is 1. The van der Waals surface area contributed by atoms with Gasteiger partial charge in [0, 0.05) is 19.5 Å². The lowest BCUT2D eigenvalue weighted by molar-refractivity contribution is 0.210. The molecule has 0 bridgehead atoms. The minimum absolute atomic E-state index is 0.237. The van der Waals surface area contributed by atoms with Crippen molar-refractivity contribution in [1.82, 2.24) is 4.90 Å². The number of nitrogens with two attached hydrogens (primary N) is 1. The summed E-state index contributed by atoms with van der Waals surface area (Å²) in [5.74, 6) is 2.95. The maximum atomic E-state index is 5.85. The molecule has 1 atom stereocenters. The lowest BCUT2D eigenvalue weighted by atomic mass is 10.2. The summed E-state index contributed by atoms with van der Waals surface area (Å²) in [6.45, 7) is 3.87. The fourth-order valence-corrected chi connectivity index (χ4v) is 2.11. The summed E-state index contributed by atoms with van der Waals surface area (Å²) in [5, 5.41) is 0. The van der Waals surface area contributed by atoms with Crippen molar-refractivity contribution in [2.75, 3.05) is 20.1 Å². The molecule has 1 unspecified atom stereocenters. The van der Waals surface area contributed by atoms with Crippen molar-refractivity contribution in [3.63, 3.8) is 0 Å². The third-order valence-electron chi connectivity index (χ3n) is 3.36. The first-order valence-electron chi connectivity index (χ1n) is 6.23. The van der Waals surface area contributed by atoms with Crippen LogP contribution in [0, 0.1) is 5.92 Å². The quantitative estimate of drug-likeness (QED) is 0.802. The van der Waals surface area contributed by atoms with Gasteiger partial charge in [-0.2, -0.15) is 0 Å². The van der Waals surface area contributed by atoms with Crippen LogP contribution in [0.5, 0.6) is 0 Å². The van der Waals surface area contributed by atoms with Crippen LogP contribution in [0.25, 0.3) is 0 Å². The fraction of sp³-hybridized carbons (Fsp3) is 0.692. The maximum Gasteiger partial charge on any atom is 0.122 e. The Labute approximate surface area is 97.6 Å². The molecule has 1 aromatic heterocycles. The van der Waals surface area contributed by atoms with Gasteiger partial charge in [-0.3, -0.25) is 4.90 Å². The minimum Gasteiger partial charge on any atom is -0.464 e. The first kappa shape index (κ1) is 11.7. The highest BCUT2D eigenvalue weighted by molar-refractivity contribution is 5.11. The molecule has 2 N–H and O–H groups in total. The number of furan rings is 1. The smallest absolute Gasteiger partial charge is 0.122 e. The van der Waals surface area contributed by atoms with Crippen LogP contribution in [0.3, 0.4) is 0 Å². The number of likely N-dealkylation sites (N-methyl/N-ethyl adjacent to an activating group) is 1. The highest BCUT2D eigenvalue weighted by Crippen LogP contribution is 2.32. The topological polar surface area (TPSA) is 42.4 Å². The molecule has 1 heterocycles. The normalized spacial score (nSPS) is 18.0. The van der Waals surface area contributed by atoms with Crippen molar-refractivity contribution in [2.45, 2.75) is 32.2 Å². The molecule has 0 aliphatic heterocycles. The minimum atomic E-state index is 0.237. The van der Waals surface area contributed by atoms with E-state index in [4.69, 9.17) is 10.2 Å². The molecule has 1 saturated carbocycles. The van der Waals surface area contributed by atoms with Gasteiger partial charge in [-0.15, -0.1) is 0 Å². The van der Waals surface area contributed by atoms with Crippen molar-refractivity contribution in [3.05, 3.63) is 23.7 Å². The predicted molar refractivity (Wildman–Crippen MR) is 65.2 cm³/mol. The van der Waals surface area contributed by atoms with Crippen LogP contribution in [0.1, 0.15) is 37.3 Å². The molecule has 0 saturated heterocycles. The second-order valence-corrected chi connectivity index (χ2v) is 4.79. The first-order valence-corrected chi connectivity index (χ1v) is 6.23. The van der Waals surface area contributed by atoms with Gasteiger partial charge in [0.2, 0.25) is 0 Å². The molecule has 3 nitrogen and oxygen atoms in total. The molecule has 1 aromatic rings. The van der Waals surface area contributed by atoms with Gasteiger partial charge in [0.05, 0.1) is 6.04 Å². The Morgan fingerprint density at radius 3 is 2.75 bits per heavy atom. The van der Waals surface area contributed by atoms with E-state index in [2.05, 4.69) is 31.0 Å². The van der Waals surface area contributed by atoms with Crippen molar-refractivity contribution < 1.29 is 4.42 Å². The lowest BCUT2D eigenvalue weighted by Crippen LogP contribution is -2.31. The molecule has 2 rings (SSSR count). The Balaban J connectivity index is 2.01. The van der Waals surface area contributed by atoms with Crippen molar-refractivity contribution in [3.8, 4) is 0 Å². The van der Waals surface area contributed by atoms with Gasteiger partial charge in [0.25, 0.3) is 0 Å². The largest absolute Gasteiger partial charge is 0.464 e. The van der Waals surface area contributed by atoms with Crippen molar-refractivity contribution in [2.24, 2.45) is 11.7 Å². The van der Waals surface area contributed by atoms with E-state index in [1.807, 2.05) is 0 Å². The SMILES string of the molecule is CCc1ccc(C(CN)N(C)CC2CC2)o1. The van der Waals surface area contributed by atoms with Gasteiger partial charge >= 0.3 is 0 Å². The van der Waals surface area contributed by atoms with E-state index in [1.54, 1.807) is 0 Å². The molecule has 16 heavy (non-hydrogen) atoms. The van der Waals surface area contributed by atoms with Crippen LogP contribution in [0.15, 0.2) is 16.5 Å². The number of rotatable bonds is 6. The summed E-state index contributed by atoms with van der Waals surface area (Å²) in [6.07, 6.45) is 3.70. The standard InChI is InChI=1S/C13H22N2O/c1-3-11-6-7-13(16-11)12(8-14)15(2)9-10-4-5-10/h6-7,10,12H,3-5,8-9,14H2,1-2H3. The highest BCUT2D eigenvalue weighted by atomic mass is 16.3. The van der Waals surface area contributed by atoms with E-state index in [9.17, 15) is 0 Å². The summed E-state index contributed by atoms with van der Waals surface area (Å²) >= 11 is 0. The van der Waals surface area contributed by atoms with Gasteiger partial charge in [0.1, 0.15) is 11.5 Å². The fourth-order valence-electron chi connectivity index (χ4n) is 2.11. The zero-order valence-electron chi connectivity index (χ0n) is 10.3. The van der Waals surface area contributed by atoms with Crippen LogP contribution in [-0.2, 0) is 6.42 Å². The van der Waals surface area contributed by atoms with E-state index in [0.29, 0.717) is 6.54 Å². The monoisotopic (exact) mass is 222 g/mol. The average molecular weight is 222 g/mol. The van der Waals surface area contributed by atoms with Gasteiger partial charge in [-0.25, -0.2) is 0 Å². The second kappa shape index (κ2) is 5.02. The summed E-state index contributed by atoms with van der Waals surface area (Å²) < 4.78 is 5.79. The lowest BCUT2D eigenvalue weighted by Gasteiger charge is -2.25. The Kier molecular flexibility index (Phi) is 3.66. The molecule has 3 heteroatoms. The summed E-state index contributed by atoms with van der Waals surface area (Å²) in [5.41, 5.74) is 5.85. The van der Waals surface area contributed by atoms with Crippen molar-refractivity contribution in [1.29, 1.82) is 0 Å². The molecule has 90 valence electrons. The third kappa shape index (κ3) is 2.66. The van der Waals surface area contributed by atoms with Crippen LogP contribution < -0.4 is 5.73 Å². The molecule has 1 fully saturated rings.